The van der Waals surface area contributed by atoms with E-state index < -0.39 is 12.1 Å². The SMILES string of the molecule is CC(O)CNc1nc(Nc2ccc(C(=O)O)c(Cl)c2)c2c(n1)N(C(C)C)NN2C(C)C. The number of carboxylic acids is 1. The molecule has 3 rings (SSSR count). The lowest BCUT2D eigenvalue weighted by Crippen LogP contribution is -2.50. The summed E-state index contributed by atoms with van der Waals surface area (Å²) in [6, 6.07) is 4.83. The number of aliphatic hydroxyl groups excluding tert-OH is 1. The van der Waals surface area contributed by atoms with Gasteiger partial charge in [0.05, 0.1) is 16.7 Å². The second-order valence-corrected chi connectivity index (χ2v) is 8.36. The number of nitrogens with zero attached hydrogens (tertiary/aromatic N) is 4. The Morgan fingerprint density at radius 3 is 2.39 bits per heavy atom. The molecule has 2 aromatic rings. The molecule has 1 unspecified atom stereocenters. The van der Waals surface area contributed by atoms with Crippen LogP contribution in [0.5, 0.6) is 0 Å². The van der Waals surface area contributed by atoms with Gasteiger partial charge in [-0.3, -0.25) is 10.0 Å². The third kappa shape index (κ3) is 4.92. The highest BCUT2D eigenvalue weighted by Crippen LogP contribution is 2.41. The number of hydrazine groups is 2. The minimum absolute atomic E-state index is 0.0240. The summed E-state index contributed by atoms with van der Waals surface area (Å²) in [4.78, 5) is 20.5. The van der Waals surface area contributed by atoms with E-state index in [4.69, 9.17) is 11.6 Å². The largest absolute Gasteiger partial charge is 0.478 e. The molecule has 0 radical (unpaired) electrons. The van der Waals surface area contributed by atoms with Crippen molar-refractivity contribution in [2.45, 2.75) is 52.8 Å². The van der Waals surface area contributed by atoms with Gasteiger partial charge in [0.1, 0.15) is 5.69 Å². The molecule has 0 amide bonds. The van der Waals surface area contributed by atoms with Crippen LogP contribution >= 0.6 is 11.6 Å². The van der Waals surface area contributed by atoms with Gasteiger partial charge < -0.3 is 20.8 Å². The van der Waals surface area contributed by atoms with Crippen LogP contribution in [0.4, 0.5) is 29.0 Å². The topological polar surface area (TPSA) is 126 Å². The van der Waals surface area contributed by atoms with Crippen LogP contribution in [0.15, 0.2) is 18.2 Å². The van der Waals surface area contributed by atoms with Gasteiger partial charge in [0.15, 0.2) is 11.6 Å². The first kappa shape index (κ1) is 22.9. The van der Waals surface area contributed by atoms with Crippen molar-refractivity contribution in [3.63, 3.8) is 0 Å². The number of halogens is 1. The summed E-state index contributed by atoms with van der Waals surface area (Å²) in [7, 11) is 0. The number of rotatable bonds is 8. The van der Waals surface area contributed by atoms with Gasteiger partial charge in [-0.1, -0.05) is 11.6 Å². The van der Waals surface area contributed by atoms with Crippen molar-refractivity contribution in [1.82, 2.24) is 15.5 Å². The van der Waals surface area contributed by atoms with Crippen LogP contribution in [0, 0.1) is 0 Å². The molecular formula is C20H28ClN7O3. The summed E-state index contributed by atoms with van der Waals surface area (Å²) in [6.45, 7) is 10.1. The number of benzene rings is 1. The molecule has 1 aliphatic rings. The molecule has 31 heavy (non-hydrogen) atoms. The number of carbonyl (C=O) groups is 1. The number of aromatic nitrogens is 2. The average molecular weight is 450 g/mol. The molecule has 10 nitrogen and oxygen atoms in total. The minimum Gasteiger partial charge on any atom is -0.478 e. The van der Waals surface area contributed by atoms with Gasteiger partial charge >= 0.3 is 5.97 Å². The first-order chi connectivity index (χ1) is 14.6. The van der Waals surface area contributed by atoms with Gasteiger partial charge in [0, 0.05) is 24.3 Å². The predicted octanol–water partition coefficient (Wildman–Crippen LogP) is 3.23. The van der Waals surface area contributed by atoms with Crippen molar-refractivity contribution >= 4 is 46.5 Å². The van der Waals surface area contributed by atoms with Crippen molar-refractivity contribution < 1.29 is 15.0 Å². The first-order valence-corrected chi connectivity index (χ1v) is 10.4. The molecule has 0 aliphatic carbocycles. The Kier molecular flexibility index (Phi) is 6.73. The number of fused-ring (bicyclic) bond motifs is 1. The molecule has 1 aromatic heterocycles. The summed E-state index contributed by atoms with van der Waals surface area (Å²) in [5.41, 5.74) is 4.72. The normalized spacial score (nSPS) is 14.2. The summed E-state index contributed by atoms with van der Waals surface area (Å²) >= 11 is 6.14. The lowest BCUT2D eigenvalue weighted by Gasteiger charge is -2.27. The molecule has 0 saturated heterocycles. The number of aromatic carboxylic acids is 1. The van der Waals surface area contributed by atoms with Crippen molar-refractivity contribution in [3.05, 3.63) is 28.8 Å². The summed E-state index contributed by atoms with van der Waals surface area (Å²) in [5.74, 6) is 0.462. The van der Waals surface area contributed by atoms with E-state index in [2.05, 4.69) is 26.1 Å². The minimum atomic E-state index is -1.09. The third-order valence-electron chi connectivity index (χ3n) is 4.60. The van der Waals surface area contributed by atoms with Crippen LogP contribution in [0.2, 0.25) is 5.02 Å². The summed E-state index contributed by atoms with van der Waals surface area (Å²) in [6.07, 6.45) is -0.567. The summed E-state index contributed by atoms with van der Waals surface area (Å²) < 4.78 is 0. The number of hydrogen-bond donors (Lipinski definition) is 5. The standard InChI is InChI=1S/C20H28ClN7O3/c1-10(2)27-16-17(23-13-6-7-14(19(30)31)15(21)8-13)24-20(22-9-12(5)29)25-18(16)28(26-27)11(3)4/h6-8,10-12,26,29H,9H2,1-5H3,(H,30,31)(H2,22,23,24,25). The van der Waals surface area contributed by atoms with Gasteiger partial charge in [0.25, 0.3) is 0 Å². The van der Waals surface area contributed by atoms with E-state index in [9.17, 15) is 15.0 Å². The lowest BCUT2D eigenvalue weighted by molar-refractivity contribution is 0.0697. The molecule has 0 fully saturated rings. The quantitative estimate of drug-likeness (QED) is 0.410. The molecule has 11 heteroatoms. The van der Waals surface area contributed by atoms with E-state index in [1.807, 2.05) is 37.7 Å². The molecule has 2 heterocycles. The number of nitrogens with one attached hydrogen (secondary N) is 3. The molecule has 168 valence electrons. The predicted molar refractivity (Wildman–Crippen MR) is 122 cm³/mol. The van der Waals surface area contributed by atoms with Crippen LogP contribution in [0.25, 0.3) is 0 Å². The maximum atomic E-state index is 11.3. The molecule has 1 aromatic carbocycles. The second kappa shape index (κ2) is 9.13. The highest BCUT2D eigenvalue weighted by Gasteiger charge is 2.35. The third-order valence-corrected chi connectivity index (χ3v) is 4.91. The Balaban J connectivity index is 2.08. The number of carboxylic acid groups (broad SMARTS) is 1. The molecule has 0 spiro atoms. The average Bonchev–Trinajstić information content (AvgIpc) is 3.06. The molecular weight excluding hydrogens is 422 g/mol. The monoisotopic (exact) mass is 449 g/mol. The van der Waals surface area contributed by atoms with Crippen molar-refractivity contribution in [3.8, 4) is 0 Å². The zero-order chi connectivity index (χ0) is 22.9. The van der Waals surface area contributed by atoms with E-state index >= 15 is 0 Å². The van der Waals surface area contributed by atoms with Crippen molar-refractivity contribution in [2.75, 3.05) is 27.2 Å². The van der Waals surface area contributed by atoms with Gasteiger partial charge in [-0.2, -0.15) is 9.97 Å². The van der Waals surface area contributed by atoms with Gasteiger partial charge in [-0.05, 0) is 52.8 Å². The Morgan fingerprint density at radius 1 is 1.16 bits per heavy atom. The fraction of sp³-hybridized carbons (Fsp3) is 0.450. The van der Waals surface area contributed by atoms with Crippen molar-refractivity contribution in [2.24, 2.45) is 0 Å². The van der Waals surface area contributed by atoms with E-state index in [1.165, 1.54) is 6.07 Å². The smallest absolute Gasteiger partial charge is 0.337 e. The number of aliphatic hydroxyl groups is 1. The van der Waals surface area contributed by atoms with Crippen LogP contribution in [0.3, 0.4) is 0 Å². The molecule has 0 bridgehead atoms. The van der Waals surface area contributed by atoms with Gasteiger partial charge in [0.2, 0.25) is 5.95 Å². The zero-order valence-corrected chi connectivity index (χ0v) is 18.9. The van der Waals surface area contributed by atoms with E-state index in [0.29, 0.717) is 29.8 Å². The zero-order valence-electron chi connectivity index (χ0n) is 18.1. The van der Waals surface area contributed by atoms with E-state index in [-0.39, 0.29) is 22.7 Å². The Morgan fingerprint density at radius 2 is 1.84 bits per heavy atom. The lowest BCUT2D eigenvalue weighted by atomic mass is 10.2. The molecule has 1 atom stereocenters. The van der Waals surface area contributed by atoms with E-state index in [1.54, 1.807) is 19.1 Å². The maximum Gasteiger partial charge on any atom is 0.337 e. The highest BCUT2D eigenvalue weighted by molar-refractivity contribution is 6.33. The van der Waals surface area contributed by atoms with Crippen LogP contribution in [0.1, 0.15) is 45.0 Å². The van der Waals surface area contributed by atoms with Crippen LogP contribution in [-0.4, -0.2) is 50.9 Å². The second-order valence-electron chi connectivity index (χ2n) is 7.95. The number of anilines is 5. The number of hydrogen-bond acceptors (Lipinski definition) is 9. The first-order valence-electron chi connectivity index (χ1n) is 10.1. The highest BCUT2D eigenvalue weighted by atomic mass is 35.5. The molecule has 5 N–H and O–H groups in total. The van der Waals surface area contributed by atoms with E-state index in [0.717, 1.165) is 5.69 Å². The maximum absolute atomic E-state index is 11.3. The Bertz CT molecular complexity index is 968. The summed E-state index contributed by atoms with van der Waals surface area (Å²) in [5, 5.41) is 29.2. The fourth-order valence-corrected chi connectivity index (χ4v) is 3.35. The Labute approximate surface area is 186 Å². The van der Waals surface area contributed by atoms with Crippen LogP contribution in [-0.2, 0) is 0 Å². The molecule has 1 aliphatic heterocycles. The Hall–Kier alpha value is -2.82. The fourth-order valence-electron chi connectivity index (χ4n) is 3.09. The van der Waals surface area contributed by atoms with Gasteiger partial charge in [-0.15, -0.1) is 5.53 Å². The van der Waals surface area contributed by atoms with Crippen molar-refractivity contribution in [1.29, 1.82) is 0 Å². The van der Waals surface area contributed by atoms with Gasteiger partial charge in [-0.25, -0.2) is 4.79 Å². The van der Waals surface area contributed by atoms with Crippen LogP contribution < -0.4 is 26.2 Å². The molecule has 0 saturated carbocycles.